The van der Waals surface area contributed by atoms with Gasteiger partial charge in [-0.05, 0) is 107 Å². The molecule has 3 amide bonds. The average molecular weight is 674 g/mol. The summed E-state index contributed by atoms with van der Waals surface area (Å²) in [4.78, 5) is 56.2. The van der Waals surface area contributed by atoms with Gasteiger partial charge in [0.1, 0.15) is 11.6 Å². The molecule has 0 aromatic rings. The van der Waals surface area contributed by atoms with Gasteiger partial charge < -0.3 is 30.7 Å². The monoisotopic (exact) mass is 673 g/mol. The van der Waals surface area contributed by atoms with Crippen LogP contribution in [-0.2, 0) is 19.0 Å². The minimum absolute atomic E-state index is 0.0748. The number of nitrogens with two attached hydrogens (primary N) is 1. The highest BCUT2D eigenvalue weighted by atomic mass is 16.6. The second-order valence-electron chi connectivity index (χ2n) is 16.7. The van der Waals surface area contributed by atoms with E-state index in [0.717, 1.165) is 18.7 Å². The lowest BCUT2D eigenvalue weighted by atomic mass is 9.50. The van der Waals surface area contributed by atoms with Crippen LogP contribution in [0.1, 0.15) is 100 Å². The van der Waals surface area contributed by atoms with Crippen molar-refractivity contribution in [3.8, 4) is 0 Å². The molecule has 5 rings (SSSR count). The summed E-state index contributed by atoms with van der Waals surface area (Å²) in [7, 11) is 0. The minimum Gasteiger partial charge on any atom is -0.444 e. The number of nitroso groups, excluding NO2 is 1. The molecule has 2 aliphatic heterocycles. The van der Waals surface area contributed by atoms with Gasteiger partial charge in [-0.1, -0.05) is 34.6 Å². The molecule has 3 aliphatic carbocycles. The molecular weight excluding hydrogens is 613 g/mol. The molecule has 0 radical (unpaired) electrons. The molecule has 13 nitrogen and oxygen atoms in total. The minimum atomic E-state index is -0.788. The van der Waals surface area contributed by atoms with Crippen LogP contribution in [0.25, 0.3) is 0 Å². The van der Waals surface area contributed by atoms with Gasteiger partial charge in [0.2, 0.25) is 17.8 Å². The molecule has 2 heterocycles. The highest BCUT2D eigenvalue weighted by molar-refractivity contribution is 6.55. The number of aliphatic imine (C=N–C) groups is 1. The van der Waals surface area contributed by atoms with Gasteiger partial charge >= 0.3 is 13.0 Å². The number of rotatable bonds is 12. The molecule has 5 fully saturated rings. The summed E-state index contributed by atoms with van der Waals surface area (Å²) in [6.07, 6.45) is 5.76. The van der Waals surface area contributed by atoms with Crippen LogP contribution in [0.4, 0.5) is 4.79 Å². The topological polar surface area (TPSA) is 177 Å². The Bertz CT molecular complexity index is 1180. The number of guanidine groups is 1. The number of piperidine rings is 1. The Morgan fingerprint density at radius 3 is 2.42 bits per heavy atom. The van der Waals surface area contributed by atoms with Crippen LogP contribution < -0.4 is 21.8 Å². The second kappa shape index (κ2) is 15.8. The van der Waals surface area contributed by atoms with Crippen molar-refractivity contribution in [1.82, 2.24) is 21.0 Å². The summed E-state index contributed by atoms with van der Waals surface area (Å²) >= 11 is 0. The Morgan fingerprint density at radius 1 is 1.12 bits per heavy atom. The van der Waals surface area contributed by atoms with Gasteiger partial charge in [0.05, 0.1) is 5.29 Å². The van der Waals surface area contributed by atoms with E-state index >= 15 is 0 Å². The predicted octanol–water partition coefficient (Wildman–Crippen LogP) is 4.26. The summed E-state index contributed by atoms with van der Waals surface area (Å²) in [5.74, 6) is 1.66. The Balaban J connectivity index is 1.41. The van der Waals surface area contributed by atoms with Gasteiger partial charge in [-0.25, -0.2) is 10.2 Å². The third kappa shape index (κ3) is 9.41. The van der Waals surface area contributed by atoms with Crippen molar-refractivity contribution in [3.63, 3.8) is 0 Å². The lowest BCUT2D eigenvalue weighted by Gasteiger charge is -2.53. The quantitative estimate of drug-likeness (QED) is 0.0593. The van der Waals surface area contributed by atoms with E-state index in [9.17, 15) is 19.3 Å². The van der Waals surface area contributed by atoms with Gasteiger partial charge in [0, 0.05) is 37.6 Å². The van der Waals surface area contributed by atoms with E-state index in [1.165, 1.54) is 12.8 Å². The molecular formula is C34H60BN7O6. The van der Waals surface area contributed by atoms with E-state index in [-0.39, 0.29) is 55.3 Å². The smallest absolute Gasteiger partial charge is 0.410 e. The van der Waals surface area contributed by atoms with Crippen LogP contribution in [0.3, 0.4) is 0 Å². The lowest BCUT2D eigenvalue weighted by molar-refractivity contribution is -0.132. The van der Waals surface area contributed by atoms with Crippen LogP contribution in [0.5, 0.6) is 0 Å². The van der Waals surface area contributed by atoms with Crippen molar-refractivity contribution in [2.24, 2.45) is 56.9 Å². The van der Waals surface area contributed by atoms with Gasteiger partial charge in [0.15, 0.2) is 0 Å². The Labute approximate surface area is 287 Å². The summed E-state index contributed by atoms with van der Waals surface area (Å²) in [6, 6.07) is -0.788. The normalized spacial score (nSPS) is 28.4. The van der Waals surface area contributed by atoms with Gasteiger partial charge in [-0.3, -0.25) is 14.6 Å². The van der Waals surface area contributed by atoms with E-state index in [1.54, 1.807) is 4.90 Å². The molecule has 48 heavy (non-hydrogen) atoms. The Hall–Kier alpha value is -2.90. The number of hydrogen-bond donors (Lipinski definition) is 4. The molecule has 0 unspecified atom stereocenters. The predicted molar refractivity (Wildman–Crippen MR) is 187 cm³/mol. The molecule has 7 atom stereocenters. The fourth-order valence-electron chi connectivity index (χ4n) is 8.67. The van der Waals surface area contributed by atoms with Crippen molar-refractivity contribution < 1.29 is 23.8 Å². The fraction of sp³-hybridized carbons (Fsp3) is 0.882. The molecule has 2 bridgehead atoms. The van der Waals surface area contributed by atoms with E-state index < -0.39 is 11.6 Å². The third-order valence-corrected chi connectivity index (χ3v) is 11.4. The molecule has 0 aromatic carbocycles. The van der Waals surface area contributed by atoms with Crippen molar-refractivity contribution >= 4 is 30.8 Å². The fourth-order valence-corrected chi connectivity index (χ4v) is 8.67. The summed E-state index contributed by atoms with van der Waals surface area (Å²) in [5, 5.41) is 8.87. The van der Waals surface area contributed by atoms with Crippen molar-refractivity contribution in [2.45, 2.75) is 130 Å². The zero-order valence-corrected chi connectivity index (χ0v) is 30.4. The Kier molecular flexibility index (Phi) is 12.5. The van der Waals surface area contributed by atoms with Gasteiger partial charge in [0.25, 0.3) is 0 Å². The lowest BCUT2D eigenvalue weighted by Crippen LogP contribution is -2.55. The van der Waals surface area contributed by atoms with Gasteiger partial charge in [-0.15, -0.1) is 4.91 Å². The van der Waals surface area contributed by atoms with Gasteiger partial charge in [-0.2, -0.15) is 0 Å². The van der Waals surface area contributed by atoms with Crippen LogP contribution in [0, 0.1) is 45.8 Å². The summed E-state index contributed by atoms with van der Waals surface area (Å²) in [5.41, 5.74) is 7.46. The average Bonchev–Trinajstić information content (AvgIpc) is 3.34. The third-order valence-electron chi connectivity index (χ3n) is 11.4. The summed E-state index contributed by atoms with van der Waals surface area (Å²) in [6.45, 7) is 18.0. The van der Waals surface area contributed by atoms with Crippen molar-refractivity contribution in [3.05, 3.63) is 4.91 Å². The van der Waals surface area contributed by atoms with Crippen molar-refractivity contribution in [2.75, 3.05) is 19.6 Å². The number of ether oxygens (including phenoxy) is 1. The maximum Gasteiger partial charge on any atom is 0.410 e. The number of amides is 3. The van der Waals surface area contributed by atoms with Crippen molar-refractivity contribution in [1.29, 1.82) is 0 Å². The maximum atomic E-state index is 14.0. The van der Waals surface area contributed by atoms with E-state index in [0.29, 0.717) is 67.9 Å². The first kappa shape index (κ1) is 37.9. The molecule has 0 spiro atoms. The van der Waals surface area contributed by atoms with Crippen LogP contribution >= 0.6 is 0 Å². The first-order valence-corrected chi connectivity index (χ1v) is 18.1. The number of hydrogen-bond acceptors (Lipinski definition) is 8. The molecule has 2 saturated heterocycles. The van der Waals surface area contributed by atoms with Crippen LogP contribution in [0.2, 0.25) is 6.32 Å². The van der Waals surface area contributed by atoms with E-state index in [1.807, 2.05) is 20.8 Å². The standard InChI is InChI=1S/C34H60BN7O6/c1-20(2)16-27(35-19-23-17-24-18-25(34(24,7)8)21(3)28(23)48-35)39-30(44)26(10-9-13-37-31(36)40-41-46)38-29(43)22-11-14-42(15-12-22)32(45)47-33(4,5)6/h20-28H,9-19H2,1-8H3,(H,38,43)(H,39,44)(H3,36,37,40,46)/t21-,23+,24-,25-,26+,27+,28+/m1/s1. The maximum absolute atomic E-state index is 14.0. The molecule has 0 aromatic heterocycles. The molecule has 270 valence electrons. The van der Waals surface area contributed by atoms with Crippen LogP contribution in [-0.4, -0.2) is 79.0 Å². The first-order valence-electron chi connectivity index (χ1n) is 18.1. The molecule has 5 aliphatic rings. The largest absolute Gasteiger partial charge is 0.444 e. The number of nitrogens with one attached hydrogen (secondary N) is 3. The van der Waals surface area contributed by atoms with E-state index in [2.05, 4.69) is 61.0 Å². The summed E-state index contributed by atoms with van der Waals surface area (Å²) < 4.78 is 12.4. The van der Waals surface area contributed by atoms with E-state index in [4.69, 9.17) is 15.1 Å². The first-order chi connectivity index (χ1) is 22.5. The molecule has 5 N–H and O–H groups in total. The number of likely N-dealkylation sites (tertiary alicyclic amines) is 1. The highest BCUT2D eigenvalue weighted by Crippen LogP contribution is 2.62. The highest BCUT2D eigenvalue weighted by Gasteiger charge is 2.59. The second-order valence-corrected chi connectivity index (χ2v) is 16.7. The number of nitrogens with zero attached hydrogens (tertiary/aromatic N) is 3. The Morgan fingerprint density at radius 2 is 1.81 bits per heavy atom. The molecule has 3 saturated carbocycles. The SMILES string of the molecule is CC(C)C[C@H](NC(=O)[C@H](CCCN=C(N)NN=O)NC(=O)C1CCN(C(=O)OC(C)(C)C)CC1)B1C[C@@H]2C[C@@H]3C[C@H]([C@@H](C)[C@@H]2O1)C3(C)C. The number of carbonyl (C=O) groups excluding carboxylic acids is 3. The molecule has 14 heteroatoms. The zero-order chi connectivity index (χ0) is 35.4. The number of carbonyl (C=O) groups is 3. The van der Waals surface area contributed by atoms with Crippen LogP contribution in [0.15, 0.2) is 10.3 Å². The zero-order valence-electron chi connectivity index (χ0n) is 30.4.